The number of nitrogen functional groups attached to an aromatic ring is 2. The van der Waals surface area contributed by atoms with E-state index in [0.717, 1.165) is 6.07 Å². The Morgan fingerprint density at radius 3 is 2.46 bits per heavy atom. The van der Waals surface area contributed by atoms with Gasteiger partial charge in [-0.3, -0.25) is 5.32 Å². The van der Waals surface area contributed by atoms with Crippen molar-refractivity contribution in [2.75, 3.05) is 16.8 Å². The maximum Gasteiger partial charge on any atom is 0.211 e. The number of hydrogen-bond donors (Lipinski definition) is 4. The molecule has 11 heteroatoms. The van der Waals surface area contributed by atoms with Gasteiger partial charge in [0.25, 0.3) is 0 Å². The number of benzene rings is 1. The highest BCUT2D eigenvalue weighted by atomic mass is 19.2. The van der Waals surface area contributed by atoms with E-state index in [9.17, 15) is 18.4 Å². The minimum atomic E-state index is -1.50. The smallest absolute Gasteiger partial charge is 0.211 e. The maximum atomic E-state index is 14.3. The molecule has 1 aromatic heterocycles. The van der Waals surface area contributed by atoms with Crippen molar-refractivity contribution in [2.24, 2.45) is 4.99 Å². The largest absolute Gasteiger partial charge is 0.397 e. The molecule has 2 heterocycles. The van der Waals surface area contributed by atoms with Crippen LogP contribution < -0.4 is 22.1 Å². The van der Waals surface area contributed by atoms with Crippen LogP contribution in [0.5, 0.6) is 0 Å². The minimum absolute atomic E-state index is 0.0670. The summed E-state index contributed by atoms with van der Waals surface area (Å²) in [5.41, 5.74) is 10.3. The molecule has 8 nitrogen and oxygen atoms in total. The van der Waals surface area contributed by atoms with Crippen molar-refractivity contribution >= 4 is 23.3 Å². The predicted molar refractivity (Wildman–Crippen MR) is 85.7 cm³/mol. The second kappa shape index (κ2) is 6.14. The van der Waals surface area contributed by atoms with E-state index in [4.69, 9.17) is 16.7 Å². The first-order valence-corrected chi connectivity index (χ1v) is 7.01. The summed E-state index contributed by atoms with van der Waals surface area (Å²) in [6.45, 7) is 0. The van der Waals surface area contributed by atoms with Gasteiger partial charge >= 0.3 is 0 Å². The standard InChI is InChI=1S/C15H9F3N8/c16-6-1-2-7(17)10(18)8(6)12-9-11(21)5(3-19)13(22)25-14(9)26-15(24-12)23-4-20/h1-2,12H,(H6,21,22,23,24,25,26). The molecule has 1 aliphatic rings. The average Bonchev–Trinajstić information content (AvgIpc) is 2.58. The molecule has 0 saturated carbocycles. The number of guanidine groups is 1. The van der Waals surface area contributed by atoms with Gasteiger partial charge in [0.15, 0.2) is 17.8 Å². The fourth-order valence-electron chi connectivity index (χ4n) is 2.58. The molecule has 0 saturated heterocycles. The van der Waals surface area contributed by atoms with Gasteiger partial charge in [-0.15, -0.1) is 0 Å². The van der Waals surface area contributed by atoms with E-state index >= 15 is 0 Å². The molecule has 2 aromatic rings. The van der Waals surface area contributed by atoms with E-state index in [1.807, 2.05) is 0 Å². The van der Waals surface area contributed by atoms with Crippen LogP contribution in [-0.2, 0) is 0 Å². The van der Waals surface area contributed by atoms with Crippen LogP contribution in [0.25, 0.3) is 0 Å². The molecule has 1 unspecified atom stereocenters. The highest BCUT2D eigenvalue weighted by molar-refractivity contribution is 5.98. The number of nitrogens with two attached hydrogens (primary N) is 2. The third kappa shape index (κ3) is 2.48. The first-order chi connectivity index (χ1) is 12.4. The minimum Gasteiger partial charge on any atom is -0.397 e. The van der Waals surface area contributed by atoms with Crippen LogP contribution in [0.15, 0.2) is 17.1 Å². The Labute approximate surface area is 144 Å². The Morgan fingerprint density at radius 1 is 1.12 bits per heavy atom. The topological polar surface area (TPSA) is 149 Å². The van der Waals surface area contributed by atoms with Crippen LogP contribution in [0.2, 0.25) is 0 Å². The van der Waals surface area contributed by atoms with Gasteiger partial charge in [0, 0.05) is 5.56 Å². The van der Waals surface area contributed by atoms with Gasteiger partial charge in [0.1, 0.15) is 35.1 Å². The van der Waals surface area contributed by atoms with Crippen molar-refractivity contribution in [1.29, 1.82) is 10.5 Å². The Balaban J connectivity index is 2.35. The van der Waals surface area contributed by atoms with Gasteiger partial charge < -0.3 is 16.8 Å². The fraction of sp³-hybridized carbons (Fsp3) is 0.0667. The van der Waals surface area contributed by atoms with Crippen molar-refractivity contribution in [3.05, 3.63) is 46.3 Å². The van der Waals surface area contributed by atoms with Crippen molar-refractivity contribution in [1.82, 2.24) is 10.3 Å². The van der Waals surface area contributed by atoms with Crippen LogP contribution in [0.3, 0.4) is 0 Å². The summed E-state index contributed by atoms with van der Waals surface area (Å²) >= 11 is 0. The zero-order chi connectivity index (χ0) is 19.0. The predicted octanol–water partition coefficient (Wildman–Crippen LogP) is 1.48. The van der Waals surface area contributed by atoms with E-state index in [-0.39, 0.29) is 34.4 Å². The summed E-state index contributed by atoms with van der Waals surface area (Å²) < 4.78 is 42.2. The van der Waals surface area contributed by atoms with E-state index in [2.05, 4.69) is 20.6 Å². The number of aliphatic imine (C=N–C) groups is 1. The van der Waals surface area contributed by atoms with Crippen molar-refractivity contribution in [3.63, 3.8) is 0 Å². The molecular weight excluding hydrogens is 349 g/mol. The lowest BCUT2D eigenvalue weighted by Gasteiger charge is -2.26. The molecule has 1 aliphatic heterocycles. The van der Waals surface area contributed by atoms with Crippen LogP contribution in [-0.4, -0.2) is 10.9 Å². The van der Waals surface area contributed by atoms with Gasteiger partial charge in [0.2, 0.25) is 5.96 Å². The average molecular weight is 358 g/mol. The monoisotopic (exact) mass is 358 g/mol. The third-order valence-electron chi connectivity index (χ3n) is 3.71. The fourth-order valence-corrected chi connectivity index (χ4v) is 2.58. The molecule has 0 radical (unpaired) electrons. The second-order valence-electron chi connectivity index (χ2n) is 5.16. The zero-order valence-electron chi connectivity index (χ0n) is 12.8. The summed E-state index contributed by atoms with van der Waals surface area (Å²) in [5.74, 6) is -4.36. The first-order valence-electron chi connectivity index (χ1n) is 7.01. The van der Waals surface area contributed by atoms with Crippen LogP contribution >= 0.6 is 0 Å². The lowest BCUT2D eigenvalue weighted by molar-refractivity contribution is 0.473. The van der Waals surface area contributed by atoms with Crippen LogP contribution in [0.1, 0.15) is 22.7 Å². The molecule has 0 spiro atoms. The summed E-state index contributed by atoms with van der Waals surface area (Å²) in [7, 11) is 0. The van der Waals surface area contributed by atoms with Crippen molar-refractivity contribution in [2.45, 2.75) is 6.04 Å². The molecule has 1 aromatic carbocycles. The van der Waals surface area contributed by atoms with Crippen molar-refractivity contribution < 1.29 is 13.2 Å². The summed E-state index contributed by atoms with van der Waals surface area (Å²) in [5, 5.41) is 22.7. The van der Waals surface area contributed by atoms with Crippen LogP contribution in [0.4, 0.5) is 30.5 Å². The third-order valence-corrected chi connectivity index (χ3v) is 3.71. The molecule has 26 heavy (non-hydrogen) atoms. The Bertz CT molecular complexity index is 1030. The normalized spacial score (nSPS) is 15.1. The van der Waals surface area contributed by atoms with Crippen LogP contribution in [0, 0.1) is 40.2 Å². The summed E-state index contributed by atoms with van der Waals surface area (Å²) in [4.78, 5) is 7.90. The van der Waals surface area contributed by atoms with Gasteiger partial charge in [-0.2, -0.15) is 10.5 Å². The lowest BCUT2D eigenvalue weighted by atomic mass is 9.94. The van der Waals surface area contributed by atoms with E-state index in [0.29, 0.717) is 6.07 Å². The SMILES string of the molecule is N#CNC1=NC(c2c(F)ccc(F)c2F)c2c(nc(N)c(C#N)c2N)N1. The number of fused-ring (bicyclic) bond motifs is 1. The number of nitriles is 2. The number of halogens is 3. The molecule has 1 atom stereocenters. The van der Waals surface area contributed by atoms with Gasteiger partial charge in [0.05, 0.1) is 11.3 Å². The molecule has 0 amide bonds. The quantitative estimate of drug-likeness (QED) is 0.342. The second-order valence-corrected chi connectivity index (χ2v) is 5.16. The molecule has 0 aliphatic carbocycles. The zero-order valence-corrected chi connectivity index (χ0v) is 12.8. The molecular formula is C15H9F3N8. The number of nitrogens with one attached hydrogen (secondary N) is 2. The van der Waals surface area contributed by atoms with Gasteiger partial charge in [-0.1, -0.05) is 0 Å². The summed E-state index contributed by atoms with van der Waals surface area (Å²) in [6, 6.07) is 1.60. The first kappa shape index (κ1) is 16.9. The lowest BCUT2D eigenvalue weighted by Crippen LogP contribution is -2.33. The highest BCUT2D eigenvalue weighted by Crippen LogP contribution is 2.42. The Morgan fingerprint density at radius 2 is 1.81 bits per heavy atom. The van der Waals surface area contributed by atoms with E-state index < -0.39 is 29.1 Å². The molecule has 130 valence electrons. The Hall–Kier alpha value is -3.99. The maximum absolute atomic E-state index is 14.3. The number of hydrogen-bond acceptors (Lipinski definition) is 8. The molecule has 6 N–H and O–H groups in total. The van der Waals surface area contributed by atoms with Gasteiger partial charge in [-0.05, 0) is 12.1 Å². The molecule has 3 rings (SSSR count). The number of nitrogens with zero attached hydrogens (tertiary/aromatic N) is 4. The number of pyridine rings is 1. The van der Waals surface area contributed by atoms with Crippen molar-refractivity contribution in [3.8, 4) is 12.3 Å². The number of rotatable bonds is 1. The van der Waals surface area contributed by atoms with E-state index in [1.54, 1.807) is 12.3 Å². The Kier molecular flexibility index (Phi) is 3.98. The van der Waals surface area contributed by atoms with Gasteiger partial charge in [-0.25, -0.2) is 23.1 Å². The molecule has 0 fully saturated rings. The summed E-state index contributed by atoms with van der Waals surface area (Å²) in [6.07, 6.45) is 1.59. The van der Waals surface area contributed by atoms with E-state index in [1.165, 1.54) is 0 Å². The molecule has 0 bridgehead atoms. The number of anilines is 3. The highest BCUT2D eigenvalue weighted by Gasteiger charge is 2.33. The number of aromatic nitrogens is 1.